The van der Waals surface area contributed by atoms with Gasteiger partial charge in [-0.05, 0) is 38.8 Å². The van der Waals surface area contributed by atoms with Crippen molar-refractivity contribution in [1.29, 1.82) is 0 Å². The fourth-order valence-electron chi connectivity index (χ4n) is 3.02. The Morgan fingerprint density at radius 1 is 0.533 bits per heavy atom. The molecule has 0 aliphatic rings. The van der Waals surface area contributed by atoms with Crippen molar-refractivity contribution in [1.82, 2.24) is 10.6 Å². The maximum atomic E-state index is 11.0. The maximum absolute atomic E-state index is 11.0. The van der Waals surface area contributed by atoms with Crippen LogP contribution in [0.15, 0.2) is 0 Å². The first kappa shape index (κ1) is 27.8. The third-order valence-electron chi connectivity index (χ3n) is 4.77. The van der Waals surface area contributed by atoms with E-state index < -0.39 is 36.0 Å². The number of hydrogen-bond acceptors (Lipinski definition) is 6. The van der Waals surface area contributed by atoms with E-state index in [1.165, 1.54) is 0 Å². The lowest BCUT2D eigenvalue weighted by atomic mass is 10.1. The first-order valence-electron chi connectivity index (χ1n) is 10.6. The van der Waals surface area contributed by atoms with E-state index in [4.69, 9.17) is 20.4 Å². The predicted octanol–water partition coefficient (Wildman–Crippen LogP) is 1.92. The Bertz CT molecular complexity index is 481. The van der Waals surface area contributed by atoms with E-state index >= 15 is 0 Å². The molecule has 2 unspecified atom stereocenters. The van der Waals surface area contributed by atoms with Crippen LogP contribution in [0.2, 0.25) is 0 Å². The highest BCUT2D eigenvalue weighted by Crippen LogP contribution is 2.09. The normalized spacial score (nSPS) is 12.9. The van der Waals surface area contributed by atoms with Gasteiger partial charge in [0.1, 0.15) is 12.1 Å². The molecule has 0 aromatic rings. The summed E-state index contributed by atoms with van der Waals surface area (Å²) in [5.74, 6) is -4.05. The Labute approximate surface area is 177 Å². The second-order valence-electron chi connectivity index (χ2n) is 7.38. The van der Waals surface area contributed by atoms with E-state index in [-0.39, 0.29) is 25.7 Å². The third-order valence-corrected chi connectivity index (χ3v) is 4.77. The SMILES string of the molecule is O=C(O)CCC(NCCCCCCCCCCNC(CCC(=O)O)C(=O)O)C(=O)O. The van der Waals surface area contributed by atoms with Crippen LogP contribution in [0.3, 0.4) is 0 Å². The van der Waals surface area contributed by atoms with E-state index in [0.29, 0.717) is 13.1 Å². The van der Waals surface area contributed by atoms with Crippen LogP contribution in [0, 0.1) is 0 Å². The topological polar surface area (TPSA) is 173 Å². The number of rotatable bonds is 21. The van der Waals surface area contributed by atoms with Gasteiger partial charge in [-0.3, -0.25) is 19.2 Å². The zero-order valence-electron chi connectivity index (χ0n) is 17.5. The van der Waals surface area contributed by atoms with Gasteiger partial charge in [-0.15, -0.1) is 0 Å². The number of carbonyl (C=O) groups is 4. The molecular formula is C20H36N2O8. The predicted molar refractivity (Wildman–Crippen MR) is 110 cm³/mol. The molecule has 0 aromatic carbocycles. The molecule has 0 spiro atoms. The van der Waals surface area contributed by atoms with Crippen molar-refractivity contribution < 1.29 is 39.6 Å². The fraction of sp³-hybridized carbons (Fsp3) is 0.800. The molecule has 0 amide bonds. The average molecular weight is 433 g/mol. The molecule has 0 rings (SSSR count). The first-order valence-corrected chi connectivity index (χ1v) is 10.6. The van der Waals surface area contributed by atoms with E-state index in [1.54, 1.807) is 0 Å². The molecule has 0 saturated heterocycles. The molecule has 0 heterocycles. The molecule has 0 fully saturated rings. The minimum atomic E-state index is -1.03. The van der Waals surface area contributed by atoms with Crippen molar-refractivity contribution in [2.75, 3.05) is 13.1 Å². The van der Waals surface area contributed by atoms with Gasteiger partial charge in [-0.1, -0.05) is 38.5 Å². The fourth-order valence-corrected chi connectivity index (χ4v) is 3.02. The molecule has 10 heteroatoms. The summed E-state index contributed by atoms with van der Waals surface area (Å²) in [4.78, 5) is 43.1. The molecule has 30 heavy (non-hydrogen) atoms. The Morgan fingerprint density at radius 2 is 0.833 bits per heavy atom. The average Bonchev–Trinajstić information content (AvgIpc) is 2.66. The van der Waals surface area contributed by atoms with Crippen LogP contribution in [-0.2, 0) is 19.2 Å². The number of carboxylic acids is 4. The number of unbranched alkanes of at least 4 members (excludes halogenated alkanes) is 7. The summed E-state index contributed by atoms with van der Waals surface area (Å²) in [7, 11) is 0. The zero-order chi connectivity index (χ0) is 22.8. The molecule has 174 valence electrons. The summed E-state index contributed by atoms with van der Waals surface area (Å²) in [6, 6.07) is -1.64. The molecular weight excluding hydrogens is 396 g/mol. The van der Waals surface area contributed by atoms with Crippen LogP contribution < -0.4 is 10.6 Å². The monoisotopic (exact) mass is 432 g/mol. The van der Waals surface area contributed by atoms with Crippen LogP contribution in [0.4, 0.5) is 0 Å². The quantitative estimate of drug-likeness (QED) is 0.147. The molecule has 0 aliphatic heterocycles. The van der Waals surface area contributed by atoms with Gasteiger partial charge < -0.3 is 31.1 Å². The lowest BCUT2D eigenvalue weighted by Crippen LogP contribution is -2.37. The largest absolute Gasteiger partial charge is 0.481 e. The molecule has 2 atom stereocenters. The maximum Gasteiger partial charge on any atom is 0.320 e. The zero-order valence-corrected chi connectivity index (χ0v) is 17.5. The molecule has 0 aliphatic carbocycles. The molecule has 6 N–H and O–H groups in total. The Morgan fingerprint density at radius 3 is 1.10 bits per heavy atom. The smallest absolute Gasteiger partial charge is 0.320 e. The minimum absolute atomic E-state index is 0.0757. The Kier molecular flexibility index (Phi) is 16.3. The van der Waals surface area contributed by atoms with Gasteiger partial charge in [0.25, 0.3) is 0 Å². The number of nitrogens with one attached hydrogen (secondary N) is 2. The van der Waals surface area contributed by atoms with Crippen molar-refractivity contribution in [3.63, 3.8) is 0 Å². The molecule has 0 radical (unpaired) electrons. The van der Waals surface area contributed by atoms with Gasteiger partial charge >= 0.3 is 23.9 Å². The number of hydrogen-bond donors (Lipinski definition) is 6. The van der Waals surface area contributed by atoms with E-state index in [0.717, 1.165) is 51.4 Å². The molecule has 0 saturated carbocycles. The lowest BCUT2D eigenvalue weighted by Gasteiger charge is -2.13. The summed E-state index contributed by atoms with van der Waals surface area (Å²) in [5.41, 5.74) is 0. The summed E-state index contributed by atoms with van der Waals surface area (Å²) in [6.07, 6.45) is 7.69. The van der Waals surface area contributed by atoms with Gasteiger partial charge in [0.2, 0.25) is 0 Å². The van der Waals surface area contributed by atoms with Crippen molar-refractivity contribution in [3.05, 3.63) is 0 Å². The molecule has 10 nitrogen and oxygen atoms in total. The van der Waals surface area contributed by atoms with Crippen molar-refractivity contribution >= 4 is 23.9 Å². The van der Waals surface area contributed by atoms with Crippen LogP contribution in [0.25, 0.3) is 0 Å². The summed E-state index contributed by atoms with van der Waals surface area (Å²) >= 11 is 0. The van der Waals surface area contributed by atoms with Gasteiger partial charge in [-0.2, -0.15) is 0 Å². The van der Waals surface area contributed by atoms with Crippen molar-refractivity contribution in [2.45, 2.75) is 89.1 Å². The van der Waals surface area contributed by atoms with E-state index in [1.807, 2.05) is 0 Å². The van der Waals surface area contributed by atoms with Crippen LogP contribution in [-0.4, -0.2) is 69.5 Å². The second kappa shape index (κ2) is 17.6. The molecule has 0 bridgehead atoms. The minimum Gasteiger partial charge on any atom is -0.481 e. The number of carboxylic acid groups (broad SMARTS) is 4. The highest BCUT2D eigenvalue weighted by molar-refractivity contribution is 5.75. The lowest BCUT2D eigenvalue weighted by molar-refractivity contribution is -0.142. The number of aliphatic carboxylic acids is 4. The molecule has 0 aromatic heterocycles. The van der Waals surface area contributed by atoms with Gasteiger partial charge in [-0.25, -0.2) is 0 Å². The third kappa shape index (κ3) is 16.7. The van der Waals surface area contributed by atoms with Gasteiger partial charge in [0, 0.05) is 12.8 Å². The standard InChI is InChI=1S/C20H36N2O8/c23-17(24)11-9-15(19(27)28)21-13-7-5-3-1-2-4-6-8-14-22-16(20(29)30)10-12-18(25)26/h15-16,21-22H,1-14H2,(H,23,24)(H,25,26)(H,27,28)(H,29,30). The van der Waals surface area contributed by atoms with Crippen molar-refractivity contribution in [3.8, 4) is 0 Å². The van der Waals surface area contributed by atoms with Gasteiger partial charge in [0.15, 0.2) is 0 Å². The summed E-state index contributed by atoms with van der Waals surface area (Å²) < 4.78 is 0. The van der Waals surface area contributed by atoms with Crippen LogP contribution in [0.5, 0.6) is 0 Å². The summed E-state index contributed by atoms with van der Waals surface area (Å²) in [5, 5.41) is 41.1. The summed E-state index contributed by atoms with van der Waals surface area (Å²) in [6.45, 7) is 1.10. The highest BCUT2D eigenvalue weighted by Gasteiger charge is 2.18. The van der Waals surface area contributed by atoms with Crippen LogP contribution in [0.1, 0.15) is 77.0 Å². The van der Waals surface area contributed by atoms with E-state index in [9.17, 15) is 19.2 Å². The van der Waals surface area contributed by atoms with Crippen LogP contribution >= 0.6 is 0 Å². The van der Waals surface area contributed by atoms with Crippen molar-refractivity contribution in [2.24, 2.45) is 0 Å². The second-order valence-corrected chi connectivity index (χ2v) is 7.38. The van der Waals surface area contributed by atoms with Gasteiger partial charge in [0.05, 0.1) is 0 Å². The highest BCUT2D eigenvalue weighted by atomic mass is 16.4. The first-order chi connectivity index (χ1) is 14.2. The Hall–Kier alpha value is -2.20. The Balaban J connectivity index is 3.58. The van der Waals surface area contributed by atoms with E-state index in [2.05, 4.69) is 10.6 Å².